The first-order valence-corrected chi connectivity index (χ1v) is 6.49. The summed E-state index contributed by atoms with van der Waals surface area (Å²) in [7, 11) is 1.19. The molecule has 10 heteroatoms. The van der Waals surface area contributed by atoms with Gasteiger partial charge in [-0.1, -0.05) is 11.6 Å². The van der Waals surface area contributed by atoms with E-state index in [1.54, 1.807) is 20.8 Å². The summed E-state index contributed by atoms with van der Waals surface area (Å²) in [6, 6.07) is -1.63. The average Bonchev–Trinajstić information content (AvgIpc) is 2.61. The Bertz CT molecular complexity index is 579. The number of nitrogens with zero attached hydrogens (tertiary/aromatic N) is 2. The fourth-order valence-corrected chi connectivity index (χ4v) is 1.86. The molecule has 1 amide bonds. The number of rotatable bonds is 3. The van der Waals surface area contributed by atoms with Crippen LogP contribution in [0.3, 0.4) is 0 Å². The SMILES string of the molecule is Cn1nc(C(F)(F)F)c(C(C=O)NC(=O)OC(C)(C)C)c1Cl. The Morgan fingerprint density at radius 2 is 1.95 bits per heavy atom. The molecule has 0 saturated carbocycles. The van der Waals surface area contributed by atoms with Gasteiger partial charge in [0.15, 0.2) is 5.69 Å². The van der Waals surface area contributed by atoms with Gasteiger partial charge in [0.2, 0.25) is 0 Å². The predicted molar refractivity (Wildman–Crippen MR) is 71.4 cm³/mol. The maximum atomic E-state index is 13.0. The van der Waals surface area contributed by atoms with Gasteiger partial charge >= 0.3 is 12.3 Å². The third-order valence-corrected chi connectivity index (χ3v) is 2.85. The number of hydrogen-bond donors (Lipinski definition) is 1. The van der Waals surface area contributed by atoms with Crippen LogP contribution in [0.2, 0.25) is 5.15 Å². The van der Waals surface area contributed by atoms with Gasteiger partial charge in [0, 0.05) is 7.05 Å². The molecule has 1 aromatic rings. The lowest BCUT2D eigenvalue weighted by molar-refractivity contribution is -0.142. The fourth-order valence-electron chi connectivity index (χ4n) is 1.61. The first-order valence-electron chi connectivity index (χ1n) is 6.11. The Morgan fingerprint density at radius 3 is 2.36 bits per heavy atom. The molecule has 1 aromatic heterocycles. The molecule has 1 atom stereocenters. The second kappa shape index (κ2) is 6.15. The monoisotopic (exact) mass is 341 g/mol. The highest BCUT2D eigenvalue weighted by Crippen LogP contribution is 2.37. The van der Waals surface area contributed by atoms with Crippen molar-refractivity contribution in [2.24, 2.45) is 7.05 Å². The Hall–Kier alpha value is -1.77. The normalized spacial score (nSPS) is 13.6. The minimum absolute atomic E-state index is 0.127. The van der Waals surface area contributed by atoms with E-state index in [2.05, 4.69) is 5.10 Å². The molecule has 0 saturated heterocycles. The molecule has 0 aromatic carbocycles. The number of alkyl carbamates (subject to hydrolysis) is 1. The van der Waals surface area contributed by atoms with Crippen molar-refractivity contribution in [3.05, 3.63) is 16.4 Å². The van der Waals surface area contributed by atoms with E-state index < -0.39 is 40.3 Å². The quantitative estimate of drug-likeness (QED) is 0.858. The van der Waals surface area contributed by atoms with E-state index >= 15 is 0 Å². The summed E-state index contributed by atoms with van der Waals surface area (Å²) in [5, 5.41) is 4.88. The molecule has 1 N–H and O–H groups in total. The van der Waals surface area contributed by atoms with E-state index in [4.69, 9.17) is 16.3 Å². The highest BCUT2D eigenvalue weighted by atomic mass is 35.5. The second-order valence-corrected chi connectivity index (χ2v) is 5.79. The summed E-state index contributed by atoms with van der Waals surface area (Å²) >= 11 is 5.76. The standard InChI is InChI=1S/C12H15ClF3N3O3/c1-11(2,3)22-10(21)17-6(5-20)7-8(12(14,15)16)18-19(4)9(7)13/h5-6H,1-4H3,(H,17,21). The van der Waals surface area contributed by atoms with Crippen LogP contribution in [0, 0.1) is 0 Å². The van der Waals surface area contributed by atoms with Crippen LogP contribution in [0.5, 0.6) is 0 Å². The van der Waals surface area contributed by atoms with Crippen molar-refractivity contribution in [3.63, 3.8) is 0 Å². The van der Waals surface area contributed by atoms with Crippen LogP contribution in [0.4, 0.5) is 18.0 Å². The number of carbonyl (C=O) groups is 2. The number of ether oxygens (including phenoxy) is 1. The lowest BCUT2D eigenvalue weighted by Gasteiger charge is -2.21. The third-order valence-electron chi connectivity index (χ3n) is 2.40. The van der Waals surface area contributed by atoms with E-state index in [1.165, 1.54) is 7.05 Å². The molecule has 0 aliphatic rings. The summed E-state index contributed by atoms with van der Waals surface area (Å²) in [4.78, 5) is 22.8. The Labute approximate surface area is 129 Å². The fraction of sp³-hybridized carbons (Fsp3) is 0.583. The van der Waals surface area contributed by atoms with Crippen LogP contribution in [0.25, 0.3) is 0 Å². The smallest absolute Gasteiger partial charge is 0.435 e. The topological polar surface area (TPSA) is 73.2 Å². The summed E-state index contributed by atoms with van der Waals surface area (Å²) in [6.45, 7) is 4.71. The van der Waals surface area contributed by atoms with Crippen LogP contribution in [0.15, 0.2) is 0 Å². The first kappa shape index (κ1) is 18.3. The van der Waals surface area contributed by atoms with Crippen LogP contribution < -0.4 is 5.32 Å². The maximum Gasteiger partial charge on any atom is 0.435 e. The minimum Gasteiger partial charge on any atom is -0.444 e. The minimum atomic E-state index is -4.82. The van der Waals surface area contributed by atoms with E-state index in [-0.39, 0.29) is 6.29 Å². The molecular formula is C12H15ClF3N3O3. The van der Waals surface area contributed by atoms with Crippen molar-refractivity contribution < 1.29 is 27.5 Å². The number of aryl methyl sites for hydroxylation is 1. The van der Waals surface area contributed by atoms with Gasteiger partial charge in [-0.3, -0.25) is 4.68 Å². The average molecular weight is 342 g/mol. The van der Waals surface area contributed by atoms with E-state index in [0.29, 0.717) is 0 Å². The second-order valence-electron chi connectivity index (χ2n) is 5.43. The van der Waals surface area contributed by atoms with Crippen molar-refractivity contribution in [3.8, 4) is 0 Å². The van der Waals surface area contributed by atoms with Gasteiger partial charge in [0.1, 0.15) is 23.1 Å². The van der Waals surface area contributed by atoms with Gasteiger partial charge in [-0.05, 0) is 20.8 Å². The van der Waals surface area contributed by atoms with Crippen LogP contribution >= 0.6 is 11.6 Å². The number of amides is 1. The molecule has 0 bridgehead atoms. The van der Waals surface area contributed by atoms with Crippen LogP contribution in [0.1, 0.15) is 38.1 Å². The van der Waals surface area contributed by atoms with Gasteiger partial charge in [-0.2, -0.15) is 18.3 Å². The Morgan fingerprint density at radius 1 is 1.41 bits per heavy atom. The van der Waals surface area contributed by atoms with Gasteiger partial charge in [0.25, 0.3) is 0 Å². The number of alkyl halides is 3. The predicted octanol–water partition coefficient (Wildman–Crippen LogP) is 2.86. The molecule has 0 aliphatic carbocycles. The number of nitrogens with one attached hydrogen (secondary N) is 1. The van der Waals surface area contributed by atoms with E-state index in [9.17, 15) is 22.8 Å². The molecule has 0 radical (unpaired) electrons. The summed E-state index contributed by atoms with van der Waals surface area (Å²) in [6.07, 6.45) is -5.74. The van der Waals surface area contributed by atoms with Crippen molar-refractivity contribution in [1.82, 2.24) is 15.1 Å². The molecule has 22 heavy (non-hydrogen) atoms. The van der Waals surface area contributed by atoms with Gasteiger partial charge in [-0.25, -0.2) is 4.79 Å². The lowest BCUT2D eigenvalue weighted by Crippen LogP contribution is -2.36. The number of halogens is 4. The van der Waals surface area contributed by atoms with Gasteiger partial charge in [-0.15, -0.1) is 0 Å². The largest absolute Gasteiger partial charge is 0.444 e. The molecule has 1 rings (SSSR count). The molecule has 0 spiro atoms. The molecule has 0 aliphatic heterocycles. The molecule has 124 valence electrons. The van der Waals surface area contributed by atoms with Crippen molar-refractivity contribution in [2.45, 2.75) is 38.6 Å². The van der Waals surface area contributed by atoms with Crippen molar-refractivity contribution >= 4 is 24.0 Å². The summed E-state index contributed by atoms with van der Waals surface area (Å²) in [5.41, 5.74) is -2.84. The molecule has 0 fully saturated rings. The van der Waals surface area contributed by atoms with Crippen molar-refractivity contribution in [2.75, 3.05) is 0 Å². The Balaban J connectivity index is 3.16. The van der Waals surface area contributed by atoms with E-state index in [1.807, 2.05) is 5.32 Å². The zero-order valence-corrected chi connectivity index (χ0v) is 13.0. The highest BCUT2D eigenvalue weighted by Gasteiger charge is 2.41. The van der Waals surface area contributed by atoms with Gasteiger partial charge in [0.05, 0.1) is 5.56 Å². The Kier molecular flexibility index (Phi) is 5.11. The third kappa shape index (κ3) is 4.36. The molecule has 1 unspecified atom stereocenters. The summed E-state index contributed by atoms with van der Waals surface area (Å²) < 4.78 is 44.5. The lowest BCUT2D eigenvalue weighted by atomic mass is 10.1. The first-order chi connectivity index (χ1) is 9.86. The summed E-state index contributed by atoms with van der Waals surface area (Å²) in [5.74, 6) is 0. The number of carbonyl (C=O) groups excluding carboxylic acids is 2. The number of aldehydes is 1. The number of aromatic nitrogens is 2. The van der Waals surface area contributed by atoms with E-state index in [0.717, 1.165) is 4.68 Å². The van der Waals surface area contributed by atoms with Crippen LogP contribution in [-0.2, 0) is 22.8 Å². The molecular weight excluding hydrogens is 327 g/mol. The molecule has 6 nitrogen and oxygen atoms in total. The molecule has 1 heterocycles. The zero-order chi connectivity index (χ0) is 17.3. The number of hydrogen-bond acceptors (Lipinski definition) is 4. The highest BCUT2D eigenvalue weighted by molar-refractivity contribution is 6.30. The maximum absolute atomic E-state index is 13.0. The van der Waals surface area contributed by atoms with Gasteiger partial charge < -0.3 is 14.8 Å². The van der Waals surface area contributed by atoms with Crippen LogP contribution in [-0.4, -0.2) is 27.8 Å². The van der Waals surface area contributed by atoms with Crippen molar-refractivity contribution in [1.29, 1.82) is 0 Å². The zero-order valence-electron chi connectivity index (χ0n) is 12.3.